The highest BCUT2D eigenvalue weighted by atomic mass is 79.9. The lowest BCUT2D eigenvalue weighted by atomic mass is 10.2. The van der Waals surface area contributed by atoms with Crippen LogP contribution >= 0.6 is 59.4 Å². The Morgan fingerprint density at radius 3 is 2.44 bits per heavy atom. The van der Waals surface area contributed by atoms with Crippen LogP contribution in [0.1, 0.15) is 0 Å². The normalized spacial score (nSPS) is 12.2. The van der Waals surface area contributed by atoms with E-state index in [2.05, 4.69) is 47.8 Å². The Kier molecular flexibility index (Phi) is 3.34. The average Bonchev–Trinajstić information content (AvgIpc) is 2.35. The molecule has 0 saturated heterocycles. The molecule has 18 heavy (non-hydrogen) atoms. The number of fused-ring (bicyclic) bond motifs is 2. The Morgan fingerprint density at radius 1 is 0.889 bits per heavy atom. The molecule has 0 aromatic heterocycles. The van der Waals surface area contributed by atoms with Crippen molar-refractivity contribution in [2.24, 2.45) is 0 Å². The third-order valence-corrected chi connectivity index (χ3v) is 5.15. The van der Waals surface area contributed by atoms with Crippen molar-refractivity contribution >= 4 is 59.4 Å². The Hall–Kier alpha value is -0.230. The Labute approximate surface area is 134 Å². The van der Waals surface area contributed by atoms with E-state index >= 15 is 0 Å². The lowest BCUT2D eigenvalue weighted by molar-refractivity contribution is 0.357. The first-order chi connectivity index (χ1) is 8.56. The van der Waals surface area contributed by atoms with Crippen molar-refractivity contribution < 1.29 is 9.47 Å². The largest absolute Gasteiger partial charge is 0.449 e. The maximum atomic E-state index is 6.13. The summed E-state index contributed by atoms with van der Waals surface area (Å²) >= 11 is 16.3. The predicted molar refractivity (Wildman–Crippen MR) is 81.1 cm³/mol. The molecule has 92 valence electrons. The minimum Gasteiger partial charge on any atom is -0.449 e. The van der Waals surface area contributed by atoms with E-state index in [9.17, 15) is 0 Å². The van der Waals surface area contributed by atoms with Crippen LogP contribution < -0.4 is 9.47 Å². The molecule has 0 saturated carbocycles. The molecule has 0 unspecified atom stereocenters. The quantitative estimate of drug-likeness (QED) is 0.359. The van der Waals surface area contributed by atoms with Gasteiger partial charge in [0.2, 0.25) is 0 Å². The van der Waals surface area contributed by atoms with Crippen molar-refractivity contribution in [3.63, 3.8) is 0 Å². The van der Waals surface area contributed by atoms with Crippen LogP contribution in [0.15, 0.2) is 37.7 Å². The van der Waals surface area contributed by atoms with Crippen molar-refractivity contribution in [3.8, 4) is 23.0 Å². The zero-order chi connectivity index (χ0) is 12.9. The van der Waals surface area contributed by atoms with Gasteiger partial charge in [0.05, 0.1) is 9.50 Å². The van der Waals surface area contributed by atoms with Crippen molar-refractivity contribution in [3.05, 3.63) is 42.7 Å². The van der Waals surface area contributed by atoms with Gasteiger partial charge in [-0.3, -0.25) is 0 Å². The van der Waals surface area contributed by atoms with Gasteiger partial charge in [-0.2, -0.15) is 0 Å². The lowest BCUT2D eigenvalue weighted by Gasteiger charge is -2.22. The molecular formula is C12H4Br3ClO2. The molecule has 3 rings (SSSR count). The van der Waals surface area contributed by atoms with Crippen molar-refractivity contribution in [2.45, 2.75) is 0 Å². The molecule has 1 heterocycles. The highest BCUT2D eigenvalue weighted by Crippen LogP contribution is 2.52. The Bertz CT molecular complexity index is 658. The molecule has 0 spiro atoms. The number of ether oxygens (including phenoxy) is 2. The first-order valence-corrected chi connectivity index (χ1v) is 7.64. The van der Waals surface area contributed by atoms with Gasteiger partial charge >= 0.3 is 0 Å². The van der Waals surface area contributed by atoms with E-state index < -0.39 is 0 Å². The van der Waals surface area contributed by atoms with Gasteiger partial charge in [-0.15, -0.1) is 0 Å². The fraction of sp³-hybridized carbons (Fsp3) is 0. The van der Waals surface area contributed by atoms with Gasteiger partial charge in [-0.05, 0) is 50.1 Å². The number of hydrogen-bond donors (Lipinski definition) is 0. The van der Waals surface area contributed by atoms with Crippen LogP contribution in [0.4, 0.5) is 0 Å². The summed E-state index contributed by atoms with van der Waals surface area (Å²) in [7, 11) is 0. The molecule has 0 fully saturated rings. The van der Waals surface area contributed by atoms with E-state index in [1.165, 1.54) is 0 Å². The van der Waals surface area contributed by atoms with Crippen LogP contribution in [-0.2, 0) is 0 Å². The molecule has 2 aromatic rings. The number of halogens is 4. The summed E-state index contributed by atoms with van der Waals surface area (Å²) in [5, 5.41) is 0.552. The second-order valence-electron chi connectivity index (χ2n) is 3.61. The molecule has 0 radical (unpaired) electrons. The van der Waals surface area contributed by atoms with Crippen LogP contribution in [0.2, 0.25) is 5.02 Å². The maximum absolute atomic E-state index is 6.13. The second kappa shape index (κ2) is 4.71. The van der Waals surface area contributed by atoms with Crippen LogP contribution in [0.3, 0.4) is 0 Å². The maximum Gasteiger partial charge on any atom is 0.185 e. The predicted octanol–water partition coefficient (Wildman–Crippen LogP) is 6.53. The van der Waals surface area contributed by atoms with Gasteiger partial charge in [-0.25, -0.2) is 0 Å². The van der Waals surface area contributed by atoms with Gasteiger partial charge < -0.3 is 9.47 Å². The molecule has 0 atom stereocenters. The van der Waals surface area contributed by atoms with Crippen LogP contribution in [-0.4, -0.2) is 0 Å². The molecule has 2 nitrogen and oxygen atoms in total. The first-order valence-electron chi connectivity index (χ1n) is 4.89. The van der Waals surface area contributed by atoms with Crippen LogP contribution in [0.25, 0.3) is 0 Å². The van der Waals surface area contributed by atoms with E-state index in [0.29, 0.717) is 32.5 Å². The molecular weight excluding hydrogens is 451 g/mol. The minimum absolute atomic E-state index is 0.552. The zero-order valence-electron chi connectivity index (χ0n) is 8.64. The van der Waals surface area contributed by atoms with E-state index in [1.54, 1.807) is 6.07 Å². The zero-order valence-corrected chi connectivity index (χ0v) is 14.2. The summed E-state index contributed by atoms with van der Waals surface area (Å²) in [5.41, 5.74) is 0. The fourth-order valence-electron chi connectivity index (χ4n) is 1.60. The summed E-state index contributed by atoms with van der Waals surface area (Å²) in [6, 6.07) is 7.38. The standard InChI is InChI=1S/C12H4Br3ClO2/c13-5-1-2-7-8(3-5)18-12-9(17-7)4-6(14)11(16)10(12)15/h1-4H. The van der Waals surface area contributed by atoms with Gasteiger partial charge in [-0.1, -0.05) is 27.5 Å². The Morgan fingerprint density at radius 2 is 1.67 bits per heavy atom. The molecule has 0 aliphatic carbocycles. The summed E-state index contributed by atoms with van der Waals surface area (Å²) < 4.78 is 13.9. The summed E-state index contributed by atoms with van der Waals surface area (Å²) in [5.74, 6) is 2.52. The van der Waals surface area contributed by atoms with Crippen LogP contribution in [0, 0.1) is 0 Å². The third kappa shape index (κ3) is 2.07. The second-order valence-corrected chi connectivity index (χ2v) is 6.55. The van der Waals surface area contributed by atoms with E-state index in [4.69, 9.17) is 21.1 Å². The van der Waals surface area contributed by atoms with Crippen molar-refractivity contribution in [2.75, 3.05) is 0 Å². The van der Waals surface area contributed by atoms with Gasteiger partial charge in [0.1, 0.15) is 0 Å². The molecule has 6 heteroatoms. The monoisotopic (exact) mass is 452 g/mol. The highest BCUT2D eigenvalue weighted by Gasteiger charge is 2.24. The van der Waals surface area contributed by atoms with E-state index in [1.807, 2.05) is 18.2 Å². The average molecular weight is 455 g/mol. The third-order valence-electron chi connectivity index (χ3n) is 2.42. The molecule has 0 N–H and O–H groups in total. The van der Waals surface area contributed by atoms with Crippen molar-refractivity contribution in [1.29, 1.82) is 0 Å². The lowest BCUT2D eigenvalue weighted by Crippen LogP contribution is -2.00. The molecule has 0 bridgehead atoms. The number of hydrogen-bond acceptors (Lipinski definition) is 2. The minimum atomic E-state index is 0.552. The number of benzene rings is 2. The van der Waals surface area contributed by atoms with E-state index in [-0.39, 0.29) is 0 Å². The van der Waals surface area contributed by atoms with Gasteiger partial charge in [0, 0.05) is 15.0 Å². The van der Waals surface area contributed by atoms with Crippen LogP contribution in [0.5, 0.6) is 23.0 Å². The van der Waals surface area contributed by atoms with Gasteiger partial charge in [0.25, 0.3) is 0 Å². The van der Waals surface area contributed by atoms with Crippen molar-refractivity contribution in [1.82, 2.24) is 0 Å². The smallest absolute Gasteiger partial charge is 0.185 e. The number of rotatable bonds is 0. The topological polar surface area (TPSA) is 18.5 Å². The molecule has 0 amide bonds. The summed E-state index contributed by atoms with van der Waals surface area (Å²) in [6.07, 6.45) is 0. The molecule has 1 aliphatic rings. The van der Waals surface area contributed by atoms with E-state index in [0.717, 1.165) is 8.95 Å². The van der Waals surface area contributed by atoms with Gasteiger partial charge in [0.15, 0.2) is 23.0 Å². The highest BCUT2D eigenvalue weighted by molar-refractivity contribution is 9.11. The Balaban J connectivity index is 2.17. The molecule has 1 aliphatic heterocycles. The first kappa shape index (κ1) is 12.8. The molecule has 2 aromatic carbocycles. The SMILES string of the molecule is Clc1c(Br)cc2c(c1Br)Oc1cc(Br)ccc1O2. The summed E-state index contributed by atoms with van der Waals surface area (Å²) in [6.45, 7) is 0. The fourth-order valence-corrected chi connectivity index (χ4v) is 3.24. The summed E-state index contributed by atoms with van der Waals surface area (Å²) in [4.78, 5) is 0.